The Morgan fingerprint density at radius 2 is 1.76 bits per heavy atom. The molecule has 0 amide bonds. The Morgan fingerprint density at radius 1 is 1.12 bits per heavy atom. The minimum atomic E-state index is -0.756. The molecule has 0 fully saturated rings. The lowest BCUT2D eigenvalue weighted by molar-refractivity contribution is -0.156. The maximum Gasteiger partial charge on any atom is 0.314 e. The van der Waals surface area contributed by atoms with Crippen LogP contribution in [0.25, 0.3) is 0 Å². The second-order valence-electron chi connectivity index (χ2n) is 6.39. The predicted molar refractivity (Wildman–Crippen MR) is 101 cm³/mol. The van der Waals surface area contributed by atoms with Gasteiger partial charge in [-0.05, 0) is 38.0 Å². The van der Waals surface area contributed by atoms with E-state index in [0.717, 1.165) is 12.0 Å². The van der Waals surface area contributed by atoms with Gasteiger partial charge in [-0.15, -0.1) is 0 Å². The number of benzene rings is 2. The van der Waals surface area contributed by atoms with Crippen molar-refractivity contribution in [3.05, 3.63) is 60.2 Å². The largest absolute Gasteiger partial charge is 0.506 e. The Bertz CT molecular complexity index is 687. The van der Waals surface area contributed by atoms with E-state index in [1.165, 1.54) is 0 Å². The van der Waals surface area contributed by atoms with Crippen LogP contribution in [0.3, 0.4) is 0 Å². The van der Waals surface area contributed by atoms with Crippen molar-refractivity contribution in [1.82, 2.24) is 0 Å². The number of ether oxygens (including phenoxy) is 1. The summed E-state index contributed by atoms with van der Waals surface area (Å²) in [4.78, 5) is 12.8. The van der Waals surface area contributed by atoms with Gasteiger partial charge in [0.2, 0.25) is 0 Å². The number of esters is 1. The fourth-order valence-electron chi connectivity index (χ4n) is 3.19. The molecule has 2 aromatic carbocycles. The standard InChI is InChI=1S/C21H27NO3/c1-4-15-21(3,20(24)25-5-2)19(16-11-7-6-8-12-16)22-17-13-9-10-14-18(17)23/h6-14,19,22-23H,4-5,15H2,1-3H3. The monoisotopic (exact) mass is 341 g/mol. The molecule has 4 heteroatoms. The highest BCUT2D eigenvalue weighted by Crippen LogP contribution is 2.42. The lowest BCUT2D eigenvalue weighted by Gasteiger charge is -2.37. The predicted octanol–water partition coefficient (Wildman–Crippen LogP) is 4.91. The Labute approximate surface area is 149 Å². The molecule has 25 heavy (non-hydrogen) atoms. The van der Waals surface area contributed by atoms with E-state index in [1.54, 1.807) is 12.1 Å². The van der Waals surface area contributed by atoms with E-state index in [-0.39, 0.29) is 17.8 Å². The van der Waals surface area contributed by atoms with Gasteiger partial charge in [0.25, 0.3) is 0 Å². The van der Waals surface area contributed by atoms with Gasteiger partial charge < -0.3 is 15.2 Å². The minimum Gasteiger partial charge on any atom is -0.506 e. The van der Waals surface area contributed by atoms with Gasteiger partial charge in [0.15, 0.2) is 0 Å². The second-order valence-corrected chi connectivity index (χ2v) is 6.39. The summed E-state index contributed by atoms with van der Waals surface area (Å²) in [7, 11) is 0. The summed E-state index contributed by atoms with van der Waals surface area (Å²) in [6, 6.07) is 16.6. The first-order chi connectivity index (χ1) is 12.0. The summed E-state index contributed by atoms with van der Waals surface area (Å²) >= 11 is 0. The fraction of sp³-hybridized carbons (Fsp3) is 0.381. The number of carbonyl (C=O) groups excluding carboxylic acids is 1. The fourth-order valence-corrected chi connectivity index (χ4v) is 3.19. The van der Waals surface area contributed by atoms with Crippen molar-refractivity contribution in [3.8, 4) is 5.75 Å². The van der Waals surface area contributed by atoms with Crippen molar-refractivity contribution in [3.63, 3.8) is 0 Å². The van der Waals surface area contributed by atoms with Gasteiger partial charge in [0, 0.05) is 0 Å². The van der Waals surface area contributed by atoms with Crippen LogP contribution in [0.4, 0.5) is 5.69 Å². The number of nitrogens with one attached hydrogen (secondary N) is 1. The van der Waals surface area contributed by atoms with Crippen LogP contribution < -0.4 is 5.32 Å². The molecule has 2 aromatic rings. The molecule has 0 aliphatic carbocycles. The highest BCUT2D eigenvalue weighted by Gasteiger charge is 2.43. The number of carbonyl (C=O) groups is 1. The molecule has 0 spiro atoms. The van der Waals surface area contributed by atoms with E-state index in [0.29, 0.717) is 18.7 Å². The highest BCUT2D eigenvalue weighted by molar-refractivity contribution is 5.78. The molecule has 0 aliphatic rings. The number of aromatic hydroxyl groups is 1. The Morgan fingerprint density at radius 3 is 2.36 bits per heavy atom. The van der Waals surface area contributed by atoms with Gasteiger partial charge in [-0.3, -0.25) is 4.79 Å². The molecule has 134 valence electrons. The molecule has 2 N–H and O–H groups in total. The van der Waals surface area contributed by atoms with Crippen molar-refractivity contribution in [1.29, 1.82) is 0 Å². The van der Waals surface area contributed by atoms with Crippen LogP contribution in [0, 0.1) is 5.41 Å². The topological polar surface area (TPSA) is 58.6 Å². The van der Waals surface area contributed by atoms with E-state index in [4.69, 9.17) is 4.74 Å². The molecular formula is C21H27NO3. The third kappa shape index (κ3) is 4.32. The van der Waals surface area contributed by atoms with Crippen LogP contribution in [0.1, 0.15) is 45.2 Å². The smallest absolute Gasteiger partial charge is 0.314 e. The number of hydrogen-bond donors (Lipinski definition) is 2. The molecule has 4 nitrogen and oxygen atoms in total. The number of para-hydroxylation sites is 2. The van der Waals surface area contributed by atoms with E-state index >= 15 is 0 Å². The van der Waals surface area contributed by atoms with Gasteiger partial charge in [0.1, 0.15) is 5.75 Å². The minimum absolute atomic E-state index is 0.158. The molecule has 0 aromatic heterocycles. The van der Waals surface area contributed by atoms with Gasteiger partial charge in [0.05, 0.1) is 23.8 Å². The number of phenols is 1. The number of phenolic OH excluding ortho intramolecular Hbond substituents is 1. The lowest BCUT2D eigenvalue weighted by atomic mass is 9.75. The van der Waals surface area contributed by atoms with Crippen molar-refractivity contribution in [2.75, 3.05) is 11.9 Å². The molecular weight excluding hydrogens is 314 g/mol. The van der Waals surface area contributed by atoms with Crippen LogP contribution in [0.15, 0.2) is 54.6 Å². The van der Waals surface area contributed by atoms with Crippen molar-refractivity contribution in [2.45, 2.75) is 39.7 Å². The summed E-state index contributed by atoms with van der Waals surface area (Å²) in [6.45, 7) is 6.15. The molecule has 2 rings (SSSR count). The zero-order chi connectivity index (χ0) is 18.3. The Balaban J connectivity index is 2.49. The van der Waals surface area contributed by atoms with E-state index in [2.05, 4.69) is 12.2 Å². The zero-order valence-electron chi connectivity index (χ0n) is 15.2. The van der Waals surface area contributed by atoms with Crippen LogP contribution >= 0.6 is 0 Å². The van der Waals surface area contributed by atoms with Crippen molar-refractivity contribution < 1.29 is 14.6 Å². The molecule has 0 heterocycles. The normalized spacial score (nSPS) is 14.4. The zero-order valence-corrected chi connectivity index (χ0v) is 15.2. The maximum absolute atomic E-state index is 12.8. The van der Waals surface area contributed by atoms with Crippen molar-refractivity contribution in [2.24, 2.45) is 5.41 Å². The van der Waals surface area contributed by atoms with Gasteiger partial charge in [-0.1, -0.05) is 55.8 Å². The average Bonchev–Trinajstić information content (AvgIpc) is 2.62. The van der Waals surface area contributed by atoms with Crippen LogP contribution in [0.5, 0.6) is 5.75 Å². The first-order valence-electron chi connectivity index (χ1n) is 8.79. The first-order valence-corrected chi connectivity index (χ1v) is 8.79. The van der Waals surface area contributed by atoms with E-state index < -0.39 is 5.41 Å². The number of rotatable bonds is 8. The molecule has 2 unspecified atom stereocenters. The molecule has 2 atom stereocenters. The molecule has 0 aliphatic heterocycles. The van der Waals surface area contributed by atoms with Crippen molar-refractivity contribution >= 4 is 11.7 Å². The molecule has 0 saturated heterocycles. The maximum atomic E-state index is 12.8. The SMILES string of the molecule is CCCC(C)(C(=O)OCC)C(Nc1ccccc1O)c1ccccc1. The van der Waals surface area contributed by atoms with Gasteiger partial charge in [-0.2, -0.15) is 0 Å². The number of anilines is 1. The highest BCUT2D eigenvalue weighted by atomic mass is 16.5. The van der Waals surface area contributed by atoms with E-state index in [1.807, 2.05) is 56.3 Å². The molecule has 0 bridgehead atoms. The Kier molecular flexibility index (Phi) is 6.45. The number of hydrogen-bond acceptors (Lipinski definition) is 4. The molecule has 0 radical (unpaired) electrons. The summed E-state index contributed by atoms with van der Waals surface area (Å²) in [6.07, 6.45) is 1.52. The third-order valence-corrected chi connectivity index (χ3v) is 4.49. The third-order valence-electron chi connectivity index (χ3n) is 4.49. The van der Waals surface area contributed by atoms with Crippen LogP contribution in [0.2, 0.25) is 0 Å². The van der Waals surface area contributed by atoms with Crippen LogP contribution in [-0.4, -0.2) is 17.7 Å². The second kappa shape index (κ2) is 8.56. The summed E-state index contributed by atoms with van der Waals surface area (Å²) in [5.41, 5.74) is 0.826. The summed E-state index contributed by atoms with van der Waals surface area (Å²) in [5, 5.41) is 13.5. The Hall–Kier alpha value is -2.49. The van der Waals surface area contributed by atoms with E-state index in [9.17, 15) is 9.90 Å². The van der Waals surface area contributed by atoms with Gasteiger partial charge in [-0.25, -0.2) is 0 Å². The van der Waals surface area contributed by atoms with Gasteiger partial charge >= 0.3 is 5.97 Å². The summed E-state index contributed by atoms with van der Waals surface area (Å²) < 4.78 is 5.39. The summed E-state index contributed by atoms with van der Waals surface area (Å²) in [5.74, 6) is -0.0697. The molecule has 0 saturated carbocycles. The average molecular weight is 341 g/mol. The first kappa shape index (κ1) is 18.8. The van der Waals surface area contributed by atoms with Crippen LogP contribution in [-0.2, 0) is 9.53 Å². The quantitative estimate of drug-likeness (QED) is 0.529. The lowest BCUT2D eigenvalue weighted by Crippen LogP contribution is -2.39.